The zero-order valence-electron chi connectivity index (χ0n) is 18.7. The molecular formula is C25H26N6O2. The normalized spacial score (nSPS) is 14.5. The number of anilines is 1. The molecular weight excluding hydrogens is 416 g/mol. The molecule has 0 radical (unpaired) electrons. The summed E-state index contributed by atoms with van der Waals surface area (Å²) in [6.07, 6.45) is 7.01. The summed E-state index contributed by atoms with van der Waals surface area (Å²) in [5.74, 6) is 1.37. The Hall–Kier alpha value is -3.94. The minimum absolute atomic E-state index is 0.0378. The van der Waals surface area contributed by atoms with Gasteiger partial charge in [0.1, 0.15) is 11.4 Å². The molecule has 0 saturated carbocycles. The third-order valence-corrected chi connectivity index (χ3v) is 6.48. The van der Waals surface area contributed by atoms with E-state index in [-0.39, 0.29) is 11.9 Å². The number of hydrogen-bond acceptors (Lipinski definition) is 6. The average Bonchev–Trinajstić information content (AvgIpc) is 3.21. The number of pyridine rings is 1. The van der Waals surface area contributed by atoms with Crippen molar-refractivity contribution in [1.82, 2.24) is 24.8 Å². The fourth-order valence-corrected chi connectivity index (χ4v) is 4.55. The van der Waals surface area contributed by atoms with Crippen LogP contribution in [0.15, 0.2) is 48.9 Å². The topological polar surface area (TPSA) is 110 Å². The van der Waals surface area contributed by atoms with Crippen LogP contribution in [0, 0.1) is 6.92 Å². The Bertz CT molecular complexity index is 1290. The number of ether oxygens (including phenoxy) is 1. The van der Waals surface area contributed by atoms with Crippen LogP contribution in [0.3, 0.4) is 0 Å². The summed E-state index contributed by atoms with van der Waals surface area (Å²) in [6.45, 7) is 3.38. The number of fused-ring (bicyclic) bond motifs is 1. The van der Waals surface area contributed by atoms with Crippen LogP contribution >= 0.6 is 0 Å². The van der Waals surface area contributed by atoms with Crippen molar-refractivity contribution in [2.45, 2.75) is 25.7 Å². The van der Waals surface area contributed by atoms with Gasteiger partial charge in [0.2, 0.25) is 5.95 Å². The van der Waals surface area contributed by atoms with E-state index in [0.29, 0.717) is 24.7 Å². The van der Waals surface area contributed by atoms with Crippen molar-refractivity contribution in [2.75, 3.05) is 25.9 Å². The summed E-state index contributed by atoms with van der Waals surface area (Å²) < 4.78 is 5.45. The molecule has 3 N–H and O–H groups in total. The van der Waals surface area contributed by atoms with Gasteiger partial charge < -0.3 is 20.4 Å². The lowest BCUT2D eigenvalue weighted by molar-refractivity contribution is 0.0706. The van der Waals surface area contributed by atoms with Crippen molar-refractivity contribution >= 4 is 22.8 Å². The predicted molar refractivity (Wildman–Crippen MR) is 127 cm³/mol. The van der Waals surface area contributed by atoms with E-state index in [9.17, 15) is 4.79 Å². The van der Waals surface area contributed by atoms with Gasteiger partial charge in [-0.3, -0.25) is 9.78 Å². The Kier molecular flexibility index (Phi) is 5.42. The van der Waals surface area contributed by atoms with E-state index in [1.165, 1.54) is 0 Å². The van der Waals surface area contributed by atoms with Crippen molar-refractivity contribution in [1.29, 1.82) is 0 Å². The number of carbonyl (C=O) groups is 1. The van der Waals surface area contributed by atoms with Crippen molar-refractivity contribution < 1.29 is 9.53 Å². The molecule has 5 rings (SSSR count). The lowest BCUT2D eigenvalue weighted by Gasteiger charge is -2.31. The molecule has 1 saturated heterocycles. The SMILES string of the molecule is COc1cccc2c(C)c(C(=O)N3CCC(c4ccc(-c5cnc(N)nc5)cn4)CC3)[nH]c12. The zero-order chi connectivity index (χ0) is 22.9. The fourth-order valence-electron chi connectivity index (χ4n) is 4.55. The number of nitrogen functional groups attached to an aromatic ring is 1. The molecule has 8 nitrogen and oxygen atoms in total. The van der Waals surface area contributed by atoms with Crippen LogP contribution in [0.1, 0.15) is 40.5 Å². The van der Waals surface area contributed by atoms with Gasteiger partial charge in [0.05, 0.1) is 12.6 Å². The number of aromatic amines is 1. The molecule has 1 aromatic carbocycles. The molecule has 0 spiro atoms. The van der Waals surface area contributed by atoms with Crippen LogP contribution in [-0.4, -0.2) is 50.9 Å². The maximum Gasteiger partial charge on any atom is 0.270 e. The van der Waals surface area contributed by atoms with Crippen LogP contribution in [-0.2, 0) is 0 Å². The quantitative estimate of drug-likeness (QED) is 0.495. The number of carbonyl (C=O) groups excluding carboxylic acids is 1. The van der Waals surface area contributed by atoms with Gasteiger partial charge in [-0.05, 0) is 37.5 Å². The molecule has 168 valence electrons. The molecule has 1 amide bonds. The van der Waals surface area contributed by atoms with Gasteiger partial charge in [-0.1, -0.05) is 18.2 Å². The Labute approximate surface area is 191 Å². The number of benzene rings is 1. The first kappa shape index (κ1) is 20.9. The Morgan fingerprint density at radius 2 is 1.79 bits per heavy atom. The third kappa shape index (κ3) is 3.88. The predicted octanol–water partition coefficient (Wildman–Crippen LogP) is 3.94. The Morgan fingerprint density at radius 1 is 1.06 bits per heavy atom. The number of H-pyrrole nitrogens is 1. The van der Waals surface area contributed by atoms with Crippen LogP contribution in [0.4, 0.5) is 5.95 Å². The summed E-state index contributed by atoms with van der Waals surface area (Å²) >= 11 is 0. The molecule has 8 heteroatoms. The lowest BCUT2D eigenvalue weighted by atomic mass is 9.92. The number of aryl methyl sites for hydroxylation is 1. The number of nitrogens with zero attached hydrogens (tertiary/aromatic N) is 4. The molecule has 1 aliphatic rings. The summed E-state index contributed by atoms with van der Waals surface area (Å²) in [5.41, 5.74) is 10.9. The molecule has 0 aliphatic carbocycles. The average molecular weight is 443 g/mol. The highest BCUT2D eigenvalue weighted by Gasteiger charge is 2.27. The second-order valence-electron chi connectivity index (χ2n) is 8.38. The Balaban J connectivity index is 1.27. The van der Waals surface area contributed by atoms with E-state index in [1.54, 1.807) is 19.5 Å². The van der Waals surface area contributed by atoms with Crippen molar-refractivity contribution in [3.8, 4) is 16.9 Å². The molecule has 33 heavy (non-hydrogen) atoms. The highest BCUT2D eigenvalue weighted by atomic mass is 16.5. The monoisotopic (exact) mass is 442 g/mol. The maximum absolute atomic E-state index is 13.3. The molecule has 4 aromatic rings. The van der Waals surface area contributed by atoms with E-state index in [0.717, 1.165) is 51.9 Å². The number of rotatable bonds is 4. The number of nitrogens with one attached hydrogen (secondary N) is 1. The first-order valence-corrected chi connectivity index (χ1v) is 11.0. The van der Waals surface area contributed by atoms with Gasteiger partial charge in [-0.2, -0.15) is 0 Å². The number of hydrogen-bond donors (Lipinski definition) is 2. The van der Waals surface area contributed by atoms with E-state index < -0.39 is 0 Å². The summed E-state index contributed by atoms with van der Waals surface area (Å²) in [6, 6.07) is 9.95. The molecule has 0 atom stereocenters. The number of amides is 1. The molecule has 1 aliphatic heterocycles. The minimum atomic E-state index is 0.0378. The molecule has 0 unspecified atom stereocenters. The maximum atomic E-state index is 13.3. The van der Waals surface area contributed by atoms with Gasteiger partial charge in [-0.15, -0.1) is 0 Å². The van der Waals surface area contributed by atoms with Crippen LogP contribution in [0.2, 0.25) is 0 Å². The number of aromatic nitrogens is 4. The first-order valence-electron chi connectivity index (χ1n) is 11.0. The Morgan fingerprint density at radius 3 is 2.45 bits per heavy atom. The molecule has 0 bridgehead atoms. The molecule has 4 heterocycles. The van der Waals surface area contributed by atoms with E-state index in [1.807, 2.05) is 42.3 Å². The van der Waals surface area contributed by atoms with Crippen molar-refractivity contribution in [3.05, 3.63) is 65.9 Å². The van der Waals surface area contributed by atoms with E-state index in [4.69, 9.17) is 10.5 Å². The highest BCUT2D eigenvalue weighted by Crippen LogP contribution is 2.32. The van der Waals surface area contributed by atoms with Crippen molar-refractivity contribution in [3.63, 3.8) is 0 Å². The number of para-hydroxylation sites is 1. The van der Waals surface area contributed by atoms with Crippen LogP contribution in [0.25, 0.3) is 22.0 Å². The smallest absolute Gasteiger partial charge is 0.270 e. The lowest BCUT2D eigenvalue weighted by Crippen LogP contribution is -2.38. The summed E-state index contributed by atoms with van der Waals surface area (Å²) in [5, 5.41) is 1.02. The first-order chi connectivity index (χ1) is 16.0. The fraction of sp³-hybridized carbons (Fsp3) is 0.280. The van der Waals surface area contributed by atoms with Gasteiger partial charge in [0.25, 0.3) is 5.91 Å². The number of methoxy groups -OCH3 is 1. The second-order valence-corrected chi connectivity index (χ2v) is 8.38. The van der Waals surface area contributed by atoms with Gasteiger partial charge in [-0.25, -0.2) is 9.97 Å². The van der Waals surface area contributed by atoms with E-state index in [2.05, 4.69) is 26.0 Å². The van der Waals surface area contributed by atoms with Gasteiger partial charge in [0.15, 0.2) is 0 Å². The van der Waals surface area contributed by atoms with Crippen molar-refractivity contribution in [2.24, 2.45) is 0 Å². The number of nitrogens with two attached hydrogens (primary N) is 1. The molecule has 3 aromatic heterocycles. The van der Waals surface area contributed by atoms with Gasteiger partial charge >= 0.3 is 0 Å². The largest absolute Gasteiger partial charge is 0.495 e. The van der Waals surface area contributed by atoms with Gasteiger partial charge in [0, 0.05) is 59.8 Å². The summed E-state index contributed by atoms with van der Waals surface area (Å²) in [7, 11) is 1.64. The van der Waals surface area contributed by atoms with Crippen LogP contribution in [0.5, 0.6) is 5.75 Å². The minimum Gasteiger partial charge on any atom is -0.495 e. The number of likely N-dealkylation sites (tertiary alicyclic amines) is 1. The second kappa shape index (κ2) is 8.54. The standard InChI is InChI=1S/C25H26N6O2/c1-15-19-4-3-5-21(33-2)23(19)30-22(15)24(32)31-10-8-16(9-11-31)20-7-6-17(12-27-20)18-13-28-25(26)29-14-18/h3-7,12-14,16,30H,8-11H2,1-2H3,(H2,26,28,29). The number of piperidine rings is 1. The van der Waals surface area contributed by atoms with Crippen LogP contribution < -0.4 is 10.5 Å². The van der Waals surface area contributed by atoms with E-state index >= 15 is 0 Å². The molecule has 1 fully saturated rings. The summed E-state index contributed by atoms with van der Waals surface area (Å²) in [4.78, 5) is 31.3. The third-order valence-electron chi connectivity index (χ3n) is 6.48. The highest BCUT2D eigenvalue weighted by molar-refractivity contribution is 6.02. The zero-order valence-corrected chi connectivity index (χ0v) is 18.7.